The number of rotatable bonds is 37. The highest BCUT2D eigenvalue weighted by atomic mass is 16.6. The van der Waals surface area contributed by atoms with E-state index in [-0.39, 0.29) is 31.6 Å². The Morgan fingerprint density at radius 2 is 0.820 bits per heavy atom. The summed E-state index contributed by atoms with van der Waals surface area (Å²) in [4.78, 5) is 24.3. The number of ether oxygens (including phenoxy) is 2. The summed E-state index contributed by atoms with van der Waals surface area (Å²) in [5.74, 6) is -0.660. The molecule has 0 rings (SSSR count). The van der Waals surface area contributed by atoms with Crippen molar-refractivity contribution in [3.63, 3.8) is 0 Å². The number of carbonyl (C=O) groups excluding carboxylic acids is 2. The summed E-state index contributed by atoms with van der Waals surface area (Å²) in [7, 11) is 0. The molecular weight excluding hydrogens is 620 g/mol. The fourth-order valence-electron chi connectivity index (χ4n) is 5.60. The molecule has 0 fully saturated rings. The molecule has 0 aromatic heterocycles. The number of hydrogen-bond donors (Lipinski definition) is 1. The molecule has 0 aromatic carbocycles. The Bertz CT molecular complexity index is 884. The van der Waals surface area contributed by atoms with E-state index in [0.29, 0.717) is 12.8 Å². The largest absolute Gasteiger partial charge is 0.462 e. The van der Waals surface area contributed by atoms with E-state index in [1.54, 1.807) is 0 Å². The number of aliphatic hydroxyl groups is 1. The first-order valence-electron chi connectivity index (χ1n) is 20.8. The van der Waals surface area contributed by atoms with E-state index in [1.807, 2.05) is 0 Å². The SMILES string of the molecule is CCCCC/C=C\C/C=C\C/C=C\C/C=C\CCCC(=O)O[C@@H](CO)COC(=O)CCCCCCCCCCC/C=C\CCCCCCCC. The Morgan fingerprint density at radius 3 is 1.32 bits per heavy atom. The maximum Gasteiger partial charge on any atom is 0.306 e. The third kappa shape index (κ3) is 38.4. The third-order valence-electron chi connectivity index (χ3n) is 8.78. The molecule has 0 aliphatic heterocycles. The van der Waals surface area contributed by atoms with Crippen molar-refractivity contribution in [1.82, 2.24) is 0 Å². The monoisotopic (exact) mass is 699 g/mol. The van der Waals surface area contributed by atoms with Gasteiger partial charge in [-0.25, -0.2) is 0 Å². The summed E-state index contributed by atoms with van der Waals surface area (Å²) in [5, 5.41) is 9.56. The Labute approximate surface area is 309 Å². The van der Waals surface area contributed by atoms with Crippen LogP contribution in [0.5, 0.6) is 0 Å². The van der Waals surface area contributed by atoms with Crippen molar-refractivity contribution < 1.29 is 24.2 Å². The molecule has 50 heavy (non-hydrogen) atoms. The van der Waals surface area contributed by atoms with Gasteiger partial charge in [-0.05, 0) is 77.0 Å². The molecule has 1 atom stereocenters. The van der Waals surface area contributed by atoms with Gasteiger partial charge in [-0.3, -0.25) is 9.59 Å². The molecule has 0 radical (unpaired) electrons. The normalized spacial score (nSPS) is 12.8. The van der Waals surface area contributed by atoms with Crippen molar-refractivity contribution in [3.8, 4) is 0 Å². The van der Waals surface area contributed by atoms with Crippen molar-refractivity contribution in [1.29, 1.82) is 0 Å². The number of esters is 2. The zero-order valence-electron chi connectivity index (χ0n) is 32.6. The van der Waals surface area contributed by atoms with Gasteiger partial charge in [0.15, 0.2) is 6.10 Å². The predicted octanol–water partition coefficient (Wildman–Crippen LogP) is 13.2. The maximum atomic E-state index is 12.2. The van der Waals surface area contributed by atoms with E-state index in [9.17, 15) is 14.7 Å². The number of hydrogen-bond acceptors (Lipinski definition) is 5. The molecule has 0 amide bonds. The Balaban J connectivity index is 3.63. The fraction of sp³-hybridized carbons (Fsp3) is 0.733. The van der Waals surface area contributed by atoms with Crippen molar-refractivity contribution in [3.05, 3.63) is 60.8 Å². The van der Waals surface area contributed by atoms with Gasteiger partial charge in [0.2, 0.25) is 0 Å². The summed E-state index contributed by atoms with van der Waals surface area (Å²) in [6.45, 7) is 4.06. The molecule has 0 aliphatic carbocycles. The van der Waals surface area contributed by atoms with Gasteiger partial charge in [-0.1, -0.05) is 164 Å². The predicted molar refractivity (Wildman–Crippen MR) is 214 cm³/mol. The quantitative estimate of drug-likeness (QED) is 0.0397. The van der Waals surface area contributed by atoms with Crippen LogP contribution < -0.4 is 0 Å². The Morgan fingerprint density at radius 1 is 0.460 bits per heavy atom. The smallest absolute Gasteiger partial charge is 0.306 e. The number of aliphatic hydroxyl groups excluding tert-OH is 1. The maximum absolute atomic E-state index is 12.2. The highest BCUT2D eigenvalue weighted by Gasteiger charge is 2.15. The first-order valence-corrected chi connectivity index (χ1v) is 20.8. The van der Waals surface area contributed by atoms with Gasteiger partial charge in [0.05, 0.1) is 6.61 Å². The standard InChI is InChI=1S/C45H78O5/c1-3-5-7-9-11-13-15-17-19-21-22-24-25-27-29-31-33-35-37-39-44(47)49-42-43(41-46)50-45(48)40-38-36-34-32-30-28-26-23-20-18-16-14-12-10-8-6-4-2/h12,14,17-20,26,28,32,34,43,46H,3-11,13,15-16,21-25,27,29-31,33,35-42H2,1-2H3/b14-12-,19-17-,20-18-,28-26-,34-32-/t43-/m0/s1. The van der Waals surface area contributed by atoms with Gasteiger partial charge in [0.25, 0.3) is 0 Å². The Kier molecular flexibility index (Phi) is 39.1. The van der Waals surface area contributed by atoms with Crippen LogP contribution in [0.1, 0.15) is 194 Å². The van der Waals surface area contributed by atoms with Crippen molar-refractivity contribution >= 4 is 11.9 Å². The molecule has 5 nitrogen and oxygen atoms in total. The van der Waals surface area contributed by atoms with Crippen molar-refractivity contribution in [2.24, 2.45) is 0 Å². The van der Waals surface area contributed by atoms with E-state index < -0.39 is 6.10 Å². The zero-order valence-corrected chi connectivity index (χ0v) is 32.6. The molecule has 0 aliphatic rings. The van der Waals surface area contributed by atoms with Crippen molar-refractivity contribution in [2.75, 3.05) is 13.2 Å². The van der Waals surface area contributed by atoms with E-state index in [4.69, 9.17) is 9.47 Å². The lowest BCUT2D eigenvalue weighted by atomic mass is 10.1. The van der Waals surface area contributed by atoms with E-state index >= 15 is 0 Å². The van der Waals surface area contributed by atoms with E-state index in [1.165, 1.54) is 116 Å². The lowest BCUT2D eigenvalue weighted by Crippen LogP contribution is -2.28. The number of carbonyl (C=O) groups is 2. The van der Waals surface area contributed by atoms with Gasteiger partial charge in [-0.15, -0.1) is 0 Å². The minimum absolute atomic E-state index is 0.0901. The van der Waals surface area contributed by atoms with E-state index in [0.717, 1.165) is 44.9 Å². The summed E-state index contributed by atoms with van der Waals surface area (Å²) >= 11 is 0. The van der Waals surface area contributed by atoms with Crippen LogP contribution in [0.4, 0.5) is 0 Å². The molecule has 0 bridgehead atoms. The van der Waals surface area contributed by atoms with Crippen molar-refractivity contribution in [2.45, 2.75) is 200 Å². The average molecular weight is 699 g/mol. The molecule has 0 heterocycles. The second-order valence-electron chi connectivity index (χ2n) is 13.7. The topological polar surface area (TPSA) is 72.8 Å². The minimum Gasteiger partial charge on any atom is -0.462 e. The van der Waals surface area contributed by atoms with Gasteiger partial charge < -0.3 is 14.6 Å². The summed E-state index contributed by atoms with van der Waals surface area (Å²) < 4.78 is 10.6. The molecule has 5 heteroatoms. The zero-order chi connectivity index (χ0) is 36.4. The molecule has 0 saturated heterocycles. The fourth-order valence-corrected chi connectivity index (χ4v) is 5.60. The van der Waals surface area contributed by atoms with Gasteiger partial charge in [0, 0.05) is 12.8 Å². The van der Waals surface area contributed by atoms with Crippen LogP contribution in [0.3, 0.4) is 0 Å². The summed E-state index contributed by atoms with van der Waals surface area (Å²) in [6.07, 6.45) is 52.9. The van der Waals surface area contributed by atoms with E-state index in [2.05, 4.69) is 74.6 Å². The second-order valence-corrected chi connectivity index (χ2v) is 13.7. The van der Waals surface area contributed by atoms with Crippen LogP contribution in [0.25, 0.3) is 0 Å². The van der Waals surface area contributed by atoms with Gasteiger partial charge >= 0.3 is 11.9 Å². The van der Waals surface area contributed by atoms with Crippen LogP contribution in [0.2, 0.25) is 0 Å². The van der Waals surface area contributed by atoms with Crippen LogP contribution in [0.15, 0.2) is 60.8 Å². The molecule has 0 spiro atoms. The number of allylic oxidation sites excluding steroid dienone is 10. The van der Waals surface area contributed by atoms with Crippen LogP contribution in [0, 0.1) is 0 Å². The second kappa shape index (κ2) is 41.0. The third-order valence-corrected chi connectivity index (χ3v) is 8.78. The highest BCUT2D eigenvalue weighted by Crippen LogP contribution is 2.13. The van der Waals surface area contributed by atoms with Gasteiger partial charge in [0.1, 0.15) is 6.61 Å². The minimum atomic E-state index is -0.802. The lowest BCUT2D eigenvalue weighted by molar-refractivity contribution is -0.161. The first kappa shape index (κ1) is 47.6. The molecule has 1 N–H and O–H groups in total. The highest BCUT2D eigenvalue weighted by molar-refractivity contribution is 5.70. The lowest BCUT2D eigenvalue weighted by Gasteiger charge is -2.15. The molecule has 0 aromatic rings. The summed E-state index contributed by atoms with van der Waals surface area (Å²) in [5.41, 5.74) is 0. The molecular formula is C45H78O5. The van der Waals surface area contributed by atoms with Crippen LogP contribution in [-0.2, 0) is 19.1 Å². The number of unbranched alkanes of at least 4 members (excludes halogenated alkanes) is 19. The molecule has 0 saturated carbocycles. The van der Waals surface area contributed by atoms with Crippen LogP contribution in [-0.4, -0.2) is 36.4 Å². The average Bonchev–Trinajstić information content (AvgIpc) is 3.12. The molecule has 0 unspecified atom stereocenters. The van der Waals surface area contributed by atoms with Gasteiger partial charge in [-0.2, -0.15) is 0 Å². The molecule has 288 valence electrons. The summed E-state index contributed by atoms with van der Waals surface area (Å²) in [6, 6.07) is 0. The Hall–Kier alpha value is -2.40. The van der Waals surface area contributed by atoms with Crippen LogP contribution >= 0.6 is 0 Å². The first-order chi connectivity index (χ1) is 24.6.